The number of likely N-dealkylation sites (tertiary alicyclic amines) is 1. The molecule has 0 aromatic heterocycles. The van der Waals surface area contributed by atoms with Crippen molar-refractivity contribution in [2.45, 2.75) is 12.5 Å². The molecule has 0 spiro atoms. The number of carbonyl (C=O) groups is 1. The number of β-amino-alcohol motifs (C(OH)–C–C–N with tert-alkyl or cyclic N) is 1. The molecule has 0 unspecified atom stereocenters. The van der Waals surface area contributed by atoms with Crippen molar-refractivity contribution < 1.29 is 14.6 Å². The third-order valence-corrected chi connectivity index (χ3v) is 3.84. The zero-order valence-corrected chi connectivity index (χ0v) is 13.2. The van der Waals surface area contributed by atoms with E-state index in [9.17, 15) is 9.90 Å². The summed E-state index contributed by atoms with van der Waals surface area (Å²) in [7, 11) is 0. The predicted octanol–water partition coefficient (Wildman–Crippen LogP) is 3.73. The Bertz CT molecular complexity index is 693. The van der Waals surface area contributed by atoms with Crippen LogP contribution in [0.25, 0.3) is 0 Å². The number of aliphatic hydroxyl groups excluding tert-OH is 1. The van der Waals surface area contributed by atoms with Crippen LogP contribution in [0.15, 0.2) is 48.5 Å². The Morgan fingerprint density at radius 1 is 1.26 bits per heavy atom. The third-order valence-electron chi connectivity index (χ3n) is 3.60. The number of carbonyl (C=O) groups excluding carboxylic acids is 1. The van der Waals surface area contributed by atoms with E-state index in [1.54, 1.807) is 23.1 Å². The Hall–Kier alpha value is -2.24. The molecule has 23 heavy (non-hydrogen) atoms. The zero-order valence-electron chi connectivity index (χ0n) is 12.4. The summed E-state index contributed by atoms with van der Waals surface area (Å²) in [5, 5.41) is 12.8. The number of anilines is 1. The van der Waals surface area contributed by atoms with E-state index in [2.05, 4.69) is 5.32 Å². The van der Waals surface area contributed by atoms with Gasteiger partial charge in [-0.05, 0) is 36.8 Å². The first-order valence-corrected chi connectivity index (χ1v) is 7.76. The summed E-state index contributed by atoms with van der Waals surface area (Å²) in [6, 6.07) is 14.1. The van der Waals surface area contributed by atoms with Crippen LogP contribution in [-0.2, 0) is 0 Å². The first-order valence-electron chi connectivity index (χ1n) is 7.38. The van der Waals surface area contributed by atoms with Gasteiger partial charge in [-0.3, -0.25) is 0 Å². The lowest BCUT2D eigenvalue weighted by Crippen LogP contribution is -2.33. The maximum atomic E-state index is 12.3. The van der Waals surface area contributed by atoms with Gasteiger partial charge < -0.3 is 20.1 Å². The van der Waals surface area contributed by atoms with Gasteiger partial charge in [0.2, 0.25) is 0 Å². The molecule has 1 fully saturated rings. The molecule has 3 rings (SSSR count). The number of hydrogen-bond acceptors (Lipinski definition) is 3. The molecule has 2 aromatic carbocycles. The van der Waals surface area contributed by atoms with Gasteiger partial charge in [0.1, 0.15) is 5.75 Å². The molecule has 6 heteroatoms. The van der Waals surface area contributed by atoms with E-state index < -0.39 is 6.10 Å². The summed E-state index contributed by atoms with van der Waals surface area (Å²) in [6.45, 7) is 0.865. The van der Waals surface area contributed by atoms with Crippen LogP contribution in [0.3, 0.4) is 0 Å². The van der Waals surface area contributed by atoms with E-state index in [4.69, 9.17) is 16.3 Å². The highest BCUT2D eigenvalue weighted by atomic mass is 35.5. The van der Waals surface area contributed by atoms with E-state index >= 15 is 0 Å². The van der Waals surface area contributed by atoms with Crippen molar-refractivity contribution in [2.75, 3.05) is 18.4 Å². The second kappa shape index (κ2) is 6.89. The van der Waals surface area contributed by atoms with E-state index in [0.29, 0.717) is 41.7 Å². The van der Waals surface area contributed by atoms with Crippen molar-refractivity contribution in [3.63, 3.8) is 0 Å². The molecule has 0 aliphatic carbocycles. The average molecular weight is 333 g/mol. The van der Waals surface area contributed by atoms with Crippen molar-refractivity contribution in [3.05, 3.63) is 53.6 Å². The number of amides is 2. The number of benzene rings is 2. The molecule has 1 aliphatic heterocycles. The normalized spacial score (nSPS) is 17.1. The number of ether oxygens (including phenoxy) is 1. The van der Waals surface area contributed by atoms with Crippen LogP contribution in [0.5, 0.6) is 11.5 Å². The Labute approximate surface area is 139 Å². The summed E-state index contributed by atoms with van der Waals surface area (Å²) in [5.41, 5.74) is 0.493. The minimum atomic E-state index is -0.458. The van der Waals surface area contributed by atoms with Crippen LogP contribution in [0.1, 0.15) is 6.42 Å². The Balaban J connectivity index is 1.77. The van der Waals surface area contributed by atoms with Gasteiger partial charge in [0, 0.05) is 18.1 Å². The quantitative estimate of drug-likeness (QED) is 0.900. The fourth-order valence-corrected chi connectivity index (χ4v) is 2.60. The van der Waals surface area contributed by atoms with Crippen molar-refractivity contribution in [3.8, 4) is 11.5 Å². The number of aliphatic hydroxyl groups is 1. The van der Waals surface area contributed by atoms with E-state index in [-0.39, 0.29) is 6.03 Å². The molecule has 1 heterocycles. The van der Waals surface area contributed by atoms with Crippen molar-refractivity contribution in [2.24, 2.45) is 0 Å². The SMILES string of the molecule is O=C(Nc1cc(Cl)ccc1Oc1ccccc1)N1CC[C@@H](O)C1. The average Bonchev–Trinajstić information content (AvgIpc) is 2.98. The summed E-state index contributed by atoms with van der Waals surface area (Å²) in [6.07, 6.45) is 0.135. The monoisotopic (exact) mass is 332 g/mol. The molecule has 1 aliphatic rings. The van der Waals surface area contributed by atoms with Crippen LogP contribution < -0.4 is 10.1 Å². The lowest BCUT2D eigenvalue weighted by molar-refractivity contribution is 0.176. The number of nitrogens with one attached hydrogen (secondary N) is 1. The Morgan fingerprint density at radius 3 is 2.74 bits per heavy atom. The standard InChI is InChI=1S/C17H17ClN2O3/c18-12-6-7-16(23-14-4-2-1-3-5-14)15(10-12)19-17(22)20-9-8-13(21)11-20/h1-7,10,13,21H,8-9,11H2,(H,19,22)/t13-/m1/s1. The zero-order chi connectivity index (χ0) is 16.2. The van der Waals surface area contributed by atoms with Gasteiger partial charge in [-0.1, -0.05) is 29.8 Å². The predicted molar refractivity (Wildman–Crippen MR) is 89.2 cm³/mol. The lowest BCUT2D eigenvalue weighted by atomic mass is 10.3. The minimum Gasteiger partial charge on any atom is -0.455 e. The fourth-order valence-electron chi connectivity index (χ4n) is 2.42. The van der Waals surface area contributed by atoms with Crippen molar-refractivity contribution in [1.82, 2.24) is 4.90 Å². The van der Waals surface area contributed by atoms with E-state index in [0.717, 1.165) is 0 Å². The van der Waals surface area contributed by atoms with E-state index in [1.807, 2.05) is 30.3 Å². The molecule has 5 nitrogen and oxygen atoms in total. The smallest absolute Gasteiger partial charge is 0.322 e. The van der Waals surface area contributed by atoms with Gasteiger partial charge in [-0.15, -0.1) is 0 Å². The fraction of sp³-hybridized carbons (Fsp3) is 0.235. The third kappa shape index (κ3) is 3.94. The van der Waals surface area contributed by atoms with Gasteiger partial charge in [-0.2, -0.15) is 0 Å². The highest BCUT2D eigenvalue weighted by molar-refractivity contribution is 6.31. The number of rotatable bonds is 3. The minimum absolute atomic E-state index is 0.276. The van der Waals surface area contributed by atoms with Gasteiger partial charge in [0.05, 0.1) is 11.8 Å². The van der Waals surface area contributed by atoms with Gasteiger partial charge >= 0.3 is 6.03 Å². The van der Waals surface area contributed by atoms with Gasteiger partial charge in [0.15, 0.2) is 5.75 Å². The summed E-state index contributed by atoms with van der Waals surface area (Å²) in [4.78, 5) is 13.8. The maximum Gasteiger partial charge on any atom is 0.322 e. The number of urea groups is 1. The molecule has 2 aromatic rings. The number of para-hydroxylation sites is 1. The first-order chi connectivity index (χ1) is 11.1. The summed E-state index contributed by atoms with van der Waals surface area (Å²) < 4.78 is 5.81. The van der Waals surface area contributed by atoms with Crippen LogP contribution in [-0.4, -0.2) is 35.2 Å². The molecule has 2 N–H and O–H groups in total. The molecular formula is C17H17ClN2O3. The van der Waals surface area contributed by atoms with Crippen LogP contribution in [0, 0.1) is 0 Å². The second-order valence-corrected chi connectivity index (χ2v) is 5.81. The second-order valence-electron chi connectivity index (χ2n) is 5.37. The number of hydrogen-bond donors (Lipinski definition) is 2. The maximum absolute atomic E-state index is 12.3. The number of nitrogens with zero attached hydrogens (tertiary/aromatic N) is 1. The van der Waals surface area contributed by atoms with Gasteiger partial charge in [-0.25, -0.2) is 4.79 Å². The molecule has 0 bridgehead atoms. The lowest BCUT2D eigenvalue weighted by Gasteiger charge is -2.18. The summed E-state index contributed by atoms with van der Waals surface area (Å²) in [5.74, 6) is 1.18. The van der Waals surface area contributed by atoms with Crippen LogP contribution in [0.2, 0.25) is 5.02 Å². The molecular weight excluding hydrogens is 316 g/mol. The molecule has 1 saturated heterocycles. The molecule has 0 radical (unpaired) electrons. The Morgan fingerprint density at radius 2 is 2.04 bits per heavy atom. The molecule has 0 saturated carbocycles. The topological polar surface area (TPSA) is 61.8 Å². The molecule has 120 valence electrons. The Kier molecular flexibility index (Phi) is 4.69. The van der Waals surface area contributed by atoms with Crippen LogP contribution >= 0.6 is 11.6 Å². The highest BCUT2D eigenvalue weighted by Crippen LogP contribution is 2.32. The van der Waals surface area contributed by atoms with Crippen molar-refractivity contribution in [1.29, 1.82) is 0 Å². The highest BCUT2D eigenvalue weighted by Gasteiger charge is 2.25. The van der Waals surface area contributed by atoms with Crippen molar-refractivity contribution >= 4 is 23.3 Å². The van der Waals surface area contributed by atoms with Gasteiger partial charge in [0.25, 0.3) is 0 Å². The largest absolute Gasteiger partial charge is 0.455 e. The van der Waals surface area contributed by atoms with Crippen LogP contribution in [0.4, 0.5) is 10.5 Å². The first kappa shape index (κ1) is 15.6. The number of halogens is 1. The molecule has 2 amide bonds. The van der Waals surface area contributed by atoms with E-state index in [1.165, 1.54) is 0 Å². The molecule has 1 atom stereocenters. The summed E-state index contributed by atoms with van der Waals surface area (Å²) >= 11 is 6.03.